The lowest BCUT2D eigenvalue weighted by molar-refractivity contribution is -0.158. The molecule has 2 fully saturated rings. The highest BCUT2D eigenvalue weighted by Crippen LogP contribution is 2.52. The molecule has 1 N–H and O–H groups in total. The first kappa shape index (κ1) is 11.4. The normalized spacial score (nSPS) is 36.9. The van der Waals surface area contributed by atoms with Crippen molar-refractivity contribution in [3.8, 4) is 0 Å². The van der Waals surface area contributed by atoms with Crippen LogP contribution in [0.5, 0.6) is 0 Å². The van der Waals surface area contributed by atoms with Gasteiger partial charge in [0.25, 0.3) is 0 Å². The van der Waals surface area contributed by atoms with Crippen LogP contribution in [0.1, 0.15) is 19.3 Å². The Kier molecular flexibility index (Phi) is 2.66. The molecule has 2 aliphatic rings. The number of methoxy groups -OCH3 is 2. The van der Waals surface area contributed by atoms with Gasteiger partial charge >= 0.3 is 11.9 Å². The van der Waals surface area contributed by atoms with Crippen molar-refractivity contribution in [2.24, 2.45) is 10.8 Å². The summed E-state index contributed by atoms with van der Waals surface area (Å²) in [5, 5.41) is 3.16. The molecule has 5 nitrogen and oxygen atoms in total. The minimum Gasteiger partial charge on any atom is -0.469 e. The topological polar surface area (TPSA) is 64.6 Å². The number of esters is 2. The van der Waals surface area contributed by atoms with E-state index in [0.717, 1.165) is 0 Å². The lowest BCUT2D eigenvalue weighted by Gasteiger charge is -2.36. The number of hydrogen-bond donors (Lipinski definition) is 1. The van der Waals surface area contributed by atoms with Gasteiger partial charge in [0, 0.05) is 13.1 Å². The third-order valence-corrected chi connectivity index (χ3v) is 3.92. The monoisotopic (exact) mass is 227 g/mol. The van der Waals surface area contributed by atoms with E-state index in [1.807, 2.05) is 0 Å². The highest BCUT2D eigenvalue weighted by atomic mass is 16.5. The van der Waals surface area contributed by atoms with Crippen molar-refractivity contribution in [1.29, 1.82) is 0 Å². The Labute approximate surface area is 94.5 Å². The van der Waals surface area contributed by atoms with E-state index in [-0.39, 0.29) is 11.9 Å². The molecule has 0 aromatic rings. The number of nitrogens with one attached hydrogen (secondary N) is 1. The predicted molar refractivity (Wildman–Crippen MR) is 55.6 cm³/mol. The Morgan fingerprint density at radius 1 is 1.00 bits per heavy atom. The van der Waals surface area contributed by atoms with Crippen LogP contribution in [0.4, 0.5) is 0 Å². The number of ether oxygens (including phenoxy) is 2. The molecule has 2 unspecified atom stereocenters. The molecule has 2 atom stereocenters. The zero-order valence-corrected chi connectivity index (χ0v) is 9.67. The molecule has 0 aromatic heterocycles. The molecule has 1 heterocycles. The van der Waals surface area contributed by atoms with Gasteiger partial charge in [0.05, 0.1) is 25.0 Å². The first-order valence-corrected chi connectivity index (χ1v) is 5.46. The van der Waals surface area contributed by atoms with Crippen LogP contribution in [0.2, 0.25) is 0 Å². The highest BCUT2D eigenvalue weighted by molar-refractivity contribution is 5.83. The first-order chi connectivity index (χ1) is 7.58. The van der Waals surface area contributed by atoms with E-state index in [0.29, 0.717) is 32.4 Å². The van der Waals surface area contributed by atoms with Crippen molar-refractivity contribution in [3.05, 3.63) is 0 Å². The molecule has 0 spiro atoms. The molecular formula is C11H17NO4. The van der Waals surface area contributed by atoms with Crippen molar-refractivity contribution < 1.29 is 19.1 Å². The van der Waals surface area contributed by atoms with E-state index < -0.39 is 10.8 Å². The second-order valence-electron chi connectivity index (χ2n) is 4.82. The van der Waals surface area contributed by atoms with Gasteiger partial charge in [0.1, 0.15) is 0 Å². The first-order valence-electron chi connectivity index (χ1n) is 5.46. The fourth-order valence-corrected chi connectivity index (χ4v) is 3.07. The van der Waals surface area contributed by atoms with Gasteiger partial charge in [0.2, 0.25) is 0 Å². The predicted octanol–water partition coefficient (Wildman–Crippen LogP) is 0.0923. The molecule has 2 bridgehead atoms. The molecule has 0 aromatic carbocycles. The van der Waals surface area contributed by atoms with E-state index in [1.54, 1.807) is 0 Å². The van der Waals surface area contributed by atoms with Gasteiger partial charge in [-0.25, -0.2) is 0 Å². The van der Waals surface area contributed by atoms with Crippen LogP contribution in [-0.2, 0) is 19.1 Å². The van der Waals surface area contributed by atoms with Crippen molar-refractivity contribution in [2.75, 3.05) is 27.3 Å². The Bertz CT molecular complexity index is 300. The summed E-state index contributed by atoms with van der Waals surface area (Å²) < 4.78 is 9.68. The van der Waals surface area contributed by atoms with Gasteiger partial charge in [0.15, 0.2) is 0 Å². The summed E-state index contributed by atoms with van der Waals surface area (Å²) in [5.41, 5.74) is -1.05. The molecule has 5 heteroatoms. The summed E-state index contributed by atoms with van der Waals surface area (Å²) in [6, 6.07) is 0. The minimum atomic E-state index is -0.527. The van der Waals surface area contributed by atoms with Crippen molar-refractivity contribution in [3.63, 3.8) is 0 Å². The molecule has 1 saturated heterocycles. The van der Waals surface area contributed by atoms with Crippen LogP contribution >= 0.6 is 0 Å². The largest absolute Gasteiger partial charge is 0.469 e. The van der Waals surface area contributed by atoms with Crippen molar-refractivity contribution in [2.45, 2.75) is 19.3 Å². The second-order valence-corrected chi connectivity index (χ2v) is 4.82. The SMILES string of the molecule is COC(=O)C12CCC(C(=O)OC)(CNC1)C2. The van der Waals surface area contributed by atoms with Crippen molar-refractivity contribution >= 4 is 11.9 Å². The number of rotatable bonds is 2. The fourth-order valence-electron chi connectivity index (χ4n) is 3.07. The highest BCUT2D eigenvalue weighted by Gasteiger charge is 2.59. The van der Waals surface area contributed by atoms with Crippen molar-refractivity contribution in [1.82, 2.24) is 5.32 Å². The standard InChI is InChI=1S/C11H17NO4/c1-15-8(13)10-3-4-11(5-10,7-12-6-10)9(14)16-2/h12H,3-7H2,1-2H3. The van der Waals surface area contributed by atoms with Crippen LogP contribution in [0, 0.1) is 10.8 Å². The molecule has 90 valence electrons. The molecule has 1 saturated carbocycles. The second kappa shape index (κ2) is 3.73. The molecule has 1 aliphatic heterocycles. The number of fused-ring (bicyclic) bond motifs is 2. The van der Waals surface area contributed by atoms with Crippen LogP contribution in [0.25, 0.3) is 0 Å². The fraction of sp³-hybridized carbons (Fsp3) is 0.818. The van der Waals surface area contributed by atoms with Gasteiger partial charge in [-0.1, -0.05) is 0 Å². The van der Waals surface area contributed by atoms with E-state index >= 15 is 0 Å². The number of hydrogen-bond acceptors (Lipinski definition) is 5. The van der Waals surface area contributed by atoms with Gasteiger partial charge in [-0.05, 0) is 19.3 Å². The molecule has 1 aliphatic carbocycles. The van der Waals surface area contributed by atoms with Crippen LogP contribution in [-0.4, -0.2) is 39.2 Å². The maximum Gasteiger partial charge on any atom is 0.313 e. The quantitative estimate of drug-likeness (QED) is 0.677. The van der Waals surface area contributed by atoms with E-state index in [1.165, 1.54) is 14.2 Å². The van der Waals surface area contributed by atoms with Crippen LogP contribution < -0.4 is 5.32 Å². The van der Waals surface area contributed by atoms with Gasteiger partial charge in [-0.15, -0.1) is 0 Å². The molecule has 16 heavy (non-hydrogen) atoms. The van der Waals surface area contributed by atoms with E-state index in [9.17, 15) is 9.59 Å². The third-order valence-electron chi connectivity index (χ3n) is 3.92. The Morgan fingerprint density at radius 3 is 1.81 bits per heavy atom. The minimum absolute atomic E-state index is 0.217. The van der Waals surface area contributed by atoms with Gasteiger partial charge in [-0.3, -0.25) is 9.59 Å². The van der Waals surface area contributed by atoms with Gasteiger partial charge in [-0.2, -0.15) is 0 Å². The summed E-state index contributed by atoms with van der Waals surface area (Å²) in [7, 11) is 2.79. The number of carbonyl (C=O) groups is 2. The lowest BCUT2D eigenvalue weighted by Crippen LogP contribution is -2.51. The Morgan fingerprint density at radius 2 is 1.44 bits per heavy atom. The van der Waals surface area contributed by atoms with E-state index in [4.69, 9.17) is 9.47 Å². The zero-order valence-electron chi connectivity index (χ0n) is 9.67. The summed E-state index contributed by atoms with van der Waals surface area (Å²) >= 11 is 0. The summed E-state index contributed by atoms with van der Waals surface area (Å²) in [6.45, 7) is 1.19. The summed E-state index contributed by atoms with van der Waals surface area (Å²) in [6.07, 6.45) is 1.94. The van der Waals surface area contributed by atoms with Crippen LogP contribution in [0.3, 0.4) is 0 Å². The summed E-state index contributed by atoms with van der Waals surface area (Å²) in [4.78, 5) is 23.6. The number of carbonyl (C=O) groups excluding carboxylic acids is 2. The third kappa shape index (κ3) is 1.42. The average molecular weight is 227 g/mol. The Balaban J connectivity index is 2.24. The molecule has 2 rings (SSSR count). The lowest BCUT2D eigenvalue weighted by atomic mass is 9.76. The maximum absolute atomic E-state index is 11.8. The average Bonchev–Trinajstić information content (AvgIpc) is 2.61. The number of piperidine rings is 1. The summed E-state index contributed by atoms with van der Waals surface area (Å²) in [5.74, 6) is -0.434. The molecule has 0 radical (unpaired) electrons. The molecular weight excluding hydrogens is 210 g/mol. The smallest absolute Gasteiger partial charge is 0.313 e. The van der Waals surface area contributed by atoms with Gasteiger partial charge < -0.3 is 14.8 Å². The maximum atomic E-state index is 11.8. The van der Waals surface area contributed by atoms with Crippen LogP contribution in [0.15, 0.2) is 0 Å². The molecule has 0 amide bonds. The zero-order chi connectivity index (χ0) is 11.8. The van der Waals surface area contributed by atoms with E-state index in [2.05, 4.69) is 5.32 Å². The Hall–Kier alpha value is -1.10.